The first kappa shape index (κ1) is 18.5. The molecule has 1 aromatic rings. The molecule has 2 aliphatic carbocycles. The van der Waals surface area contributed by atoms with Crippen molar-refractivity contribution in [2.45, 2.75) is 50.7 Å². The Hall–Kier alpha value is -0.540. The average molecular weight is 329 g/mol. The predicted octanol–water partition coefficient (Wildman–Crippen LogP) is 3.79. The number of hydrogen-bond donors (Lipinski definition) is 2. The van der Waals surface area contributed by atoms with Gasteiger partial charge < -0.3 is 11.1 Å². The van der Waals surface area contributed by atoms with Crippen LogP contribution in [0.3, 0.4) is 0 Å². The summed E-state index contributed by atoms with van der Waals surface area (Å²) >= 11 is 0. The van der Waals surface area contributed by atoms with Crippen LogP contribution < -0.4 is 11.1 Å². The lowest BCUT2D eigenvalue weighted by Crippen LogP contribution is -2.49. The van der Waals surface area contributed by atoms with Gasteiger partial charge in [0.25, 0.3) is 0 Å². The van der Waals surface area contributed by atoms with Crippen molar-refractivity contribution in [3.63, 3.8) is 0 Å². The van der Waals surface area contributed by atoms with Crippen molar-refractivity contribution in [3.8, 4) is 0 Å². The molecule has 4 heteroatoms. The first-order valence-corrected chi connectivity index (χ1v) is 7.53. The Labute approximate surface area is 140 Å². The zero-order valence-corrected chi connectivity index (χ0v) is 14.1. The molecule has 3 N–H and O–H groups in total. The van der Waals surface area contributed by atoms with Crippen LogP contribution in [-0.4, -0.2) is 18.1 Å². The maximum absolute atomic E-state index is 5.84. The molecular weight excluding hydrogens is 303 g/mol. The first-order valence-electron chi connectivity index (χ1n) is 7.53. The highest BCUT2D eigenvalue weighted by Crippen LogP contribution is 2.41. The monoisotopic (exact) mass is 328 g/mol. The molecule has 0 heterocycles. The van der Waals surface area contributed by atoms with E-state index in [2.05, 4.69) is 48.6 Å². The number of nitrogens with two attached hydrogens (primary N) is 1. The highest BCUT2D eigenvalue weighted by molar-refractivity contribution is 5.85. The van der Waals surface area contributed by atoms with Gasteiger partial charge in [-0.1, -0.05) is 48.9 Å². The van der Waals surface area contributed by atoms with Crippen LogP contribution in [0.25, 0.3) is 6.08 Å². The lowest BCUT2D eigenvalue weighted by atomic mass is 9.87. The summed E-state index contributed by atoms with van der Waals surface area (Å²) in [5, 5.41) is 3.75. The highest BCUT2D eigenvalue weighted by Gasteiger charge is 2.41. The normalized spacial score (nSPS) is 30.7. The SMILES string of the molecule is CCC(=Cc1ccccc1)C1C[C@@H]1NC1CC(N)C1.Cl.Cl. The number of nitrogens with one attached hydrogen (secondary N) is 1. The van der Waals surface area contributed by atoms with Crippen molar-refractivity contribution in [1.82, 2.24) is 5.32 Å². The lowest BCUT2D eigenvalue weighted by molar-refractivity contribution is 0.287. The zero-order chi connectivity index (χ0) is 13.2. The molecule has 2 aliphatic rings. The minimum atomic E-state index is 0. The Morgan fingerprint density at radius 1 is 1.19 bits per heavy atom. The molecule has 0 spiro atoms. The van der Waals surface area contributed by atoms with Crippen LogP contribution in [0, 0.1) is 5.92 Å². The molecule has 1 unspecified atom stereocenters. The maximum atomic E-state index is 5.84. The molecule has 0 radical (unpaired) electrons. The van der Waals surface area contributed by atoms with Gasteiger partial charge in [-0.3, -0.25) is 0 Å². The van der Waals surface area contributed by atoms with Gasteiger partial charge in [-0.15, -0.1) is 24.8 Å². The fraction of sp³-hybridized carbons (Fsp3) is 0.529. The van der Waals surface area contributed by atoms with Gasteiger partial charge in [-0.25, -0.2) is 0 Å². The second kappa shape index (κ2) is 8.19. The molecule has 2 atom stereocenters. The van der Waals surface area contributed by atoms with E-state index in [1.165, 1.54) is 12.0 Å². The van der Waals surface area contributed by atoms with E-state index in [0.717, 1.165) is 25.2 Å². The summed E-state index contributed by atoms with van der Waals surface area (Å²) in [7, 11) is 0. The fourth-order valence-corrected chi connectivity index (χ4v) is 3.12. The molecule has 0 aliphatic heterocycles. The number of benzene rings is 1. The summed E-state index contributed by atoms with van der Waals surface area (Å²) < 4.78 is 0. The van der Waals surface area contributed by atoms with E-state index in [-0.39, 0.29) is 24.8 Å². The number of halogens is 2. The third kappa shape index (κ3) is 4.72. The summed E-state index contributed by atoms with van der Waals surface area (Å²) in [6.07, 6.45) is 7.15. The number of hydrogen-bond acceptors (Lipinski definition) is 2. The van der Waals surface area contributed by atoms with Gasteiger partial charge in [-0.05, 0) is 37.2 Å². The van der Waals surface area contributed by atoms with E-state index in [1.807, 2.05) is 0 Å². The lowest BCUT2D eigenvalue weighted by Gasteiger charge is -2.33. The summed E-state index contributed by atoms with van der Waals surface area (Å²) in [6.45, 7) is 2.27. The van der Waals surface area contributed by atoms with Crippen molar-refractivity contribution >= 4 is 30.9 Å². The van der Waals surface area contributed by atoms with Gasteiger partial charge in [0.2, 0.25) is 0 Å². The largest absolute Gasteiger partial charge is 0.328 e. The maximum Gasteiger partial charge on any atom is 0.0142 e. The Kier molecular flexibility index (Phi) is 7.22. The van der Waals surface area contributed by atoms with Crippen LogP contribution in [0.5, 0.6) is 0 Å². The van der Waals surface area contributed by atoms with Crippen molar-refractivity contribution in [1.29, 1.82) is 0 Å². The van der Waals surface area contributed by atoms with Gasteiger partial charge in [0.1, 0.15) is 0 Å². The summed E-state index contributed by atoms with van der Waals surface area (Å²) in [4.78, 5) is 0. The van der Waals surface area contributed by atoms with Crippen molar-refractivity contribution < 1.29 is 0 Å². The molecule has 2 saturated carbocycles. The van der Waals surface area contributed by atoms with Gasteiger partial charge in [-0.2, -0.15) is 0 Å². The second-order valence-corrected chi connectivity index (χ2v) is 6.03. The molecule has 1 aromatic carbocycles. The van der Waals surface area contributed by atoms with Crippen LogP contribution in [-0.2, 0) is 0 Å². The van der Waals surface area contributed by atoms with Gasteiger partial charge in [0.15, 0.2) is 0 Å². The average Bonchev–Trinajstić information content (AvgIpc) is 3.15. The van der Waals surface area contributed by atoms with Crippen LogP contribution in [0.15, 0.2) is 35.9 Å². The fourth-order valence-electron chi connectivity index (χ4n) is 3.12. The van der Waals surface area contributed by atoms with Crippen LogP contribution in [0.1, 0.15) is 38.2 Å². The Bertz CT molecular complexity index is 455. The van der Waals surface area contributed by atoms with E-state index >= 15 is 0 Å². The molecule has 0 saturated heterocycles. The smallest absolute Gasteiger partial charge is 0.0142 e. The van der Waals surface area contributed by atoms with Crippen LogP contribution in [0.4, 0.5) is 0 Å². The van der Waals surface area contributed by atoms with Gasteiger partial charge in [0, 0.05) is 18.1 Å². The van der Waals surface area contributed by atoms with Crippen molar-refractivity contribution in [3.05, 3.63) is 41.5 Å². The number of rotatable bonds is 5. The third-order valence-electron chi connectivity index (χ3n) is 4.45. The van der Waals surface area contributed by atoms with Crippen molar-refractivity contribution in [2.75, 3.05) is 0 Å². The topological polar surface area (TPSA) is 38.0 Å². The highest BCUT2D eigenvalue weighted by atomic mass is 35.5. The standard InChI is InChI=1S/C17H24N2.2ClH/c1-2-13(8-12-6-4-3-5-7-12)16-11-17(16)19-15-9-14(18)10-15;;/h3-8,14-17,19H,2,9-11,18H2,1H3;2*1H/t14?,15?,16?,17-;;/m0../s1. The molecule has 2 nitrogen and oxygen atoms in total. The molecule has 0 aromatic heterocycles. The predicted molar refractivity (Wildman–Crippen MR) is 95.2 cm³/mol. The Morgan fingerprint density at radius 2 is 1.86 bits per heavy atom. The van der Waals surface area contributed by atoms with Gasteiger partial charge in [0.05, 0.1) is 0 Å². The van der Waals surface area contributed by atoms with E-state index in [1.54, 1.807) is 5.57 Å². The molecule has 118 valence electrons. The summed E-state index contributed by atoms with van der Waals surface area (Å²) in [5.41, 5.74) is 8.76. The first-order chi connectivity index (χ1) is 9.26. The summed E-state index contributed by atoms with van der Waals surface area (Å²) in [6, 6.07) is 12.5. The minimum Gasteiger partial charge on any atom is -0.328 e. The molecular formula is C17H26Cl2N2. The molecule has 3 rings (SSSR count). The molecule has 0 bridgehead atoms. The Morgan fingerprint density at radius 3 is 2.43 bits per heavy atom. The summed E-state index contributed by atoms with van der Waals surface area (Å²) in [5.74, 6) is 0.752. The van der Waals surface area contributed by atoms with Crippen molar-refractivity contribution in [2.24, 2.45) is 11.7 Å². The quantitative estimate of drug-likeness (QED) is 0.862. The molecule has 0 amide bonds. The minimum absolute atomic E-state index is 0. The third-order valence-corrected chi connectivity index (χ3v) is 4.45. The van der Waals surface area contributed by atoms with E-state index in [9.17, 15) is 0 Å². The van der Waals surface area contributed by atoms with Crippen LogP contribution in [0.2, 0.25) is 0 Å². The second-order valence-electron chi connectivity index (χ2n) is 6.03. The molecule has 2 fully saturated rings. The van der Waals surface area contributed by atoms with Crippen LogP contribution >= 0.6 is 24.8 Å². The van der Waals surface area contributed by atoms with E-state index in [4.69, 9.17) is 5.73 Å². The van der Waals surface area contributed by atoms with E-state index in [0.29, 0.717) is 18.1 Å². The zero-order valence-electron chi connectivity index (χ0n) is 12.5. The van der Waals surface area contributed by atoms with E-state index < -0.39 is 0 Å². The van der Waals surface area contributed by atoms with Gasteiger partial charge >= 0.3 is 0 Å². The molecule has 21 heavy (non-hydrogen) atoms. The Balaban J connectivity index is 0.00000110.